The second-order valence-electron chi connectivity index (χ2n) is 5.16. The second-order valence-corrected chi connectivity index (χ2v) is 6.31. The van der Waals surface area contributed by atoms with Crippen molar-refractivity contribution in [3.05, 3.63) is 0 Å². The van der Waals surface area contributed by atoms with Crippen LogP contribution in [0.1, 0.15) is 71.1 Å². The molecule has 1 N–H and O–H groups in total. The Kier molecular flexibility index (Phi) is 7.08. The molecule has 6 nitrogen and oxygen atoms in total. The minimum Gasteiger partial charge on any atom is -0.335 e. The topological polar surface area (TPSA) is 89.9 Å². The van der Waals surface area contributed by atoms with Crippen LogP contribution in [0.5, 0.6) is 0 Å². The molecular weight excluding hydrogens is 284 g/mol. The summed E-state index contributed by atoms with van der Waals surface area (Å²) >= 11 is 0. The van der Waals surface area contributed by atoms with Crippen LogP contribution in [0.2, 0.25) is 0 Å². The molecule has 20 heavy (non-hydrogen) atoms. The number of aliphatic hydroxyl groups is 1. The van der Waals surface area contributed by atoms with Crippen LogP contribution in [-0.4, -0.2) is 25.3 Å². The molecule has 1 aliphatic rings. The number of hydrogen-bond acceptors (Lipinski definition) is 6. The zero-order chi connectivity index (χ0) is 15.1. The van der Waals surface area contributed by atoms with E-state index in [1.807, 2.05) is 0 Å². The van der Waals surface area contributed by atoms with E-state index in [0.717, 1.165) is 19.3 Å². The lowest BCUT2D eigenvalue weighted by molar-refractivity contribution is -0.300. The molecular formula is C13H24O6S. The highest BCUT2D eigenvalue weighted by molar-refractivity contribution is 7.82. The minimum absolute atomic E-state index is 0.0574. The fourth-order valence-electron chi connectivity index (χ4n) is 2.13. The first-order valence-corrected chi connectivity index (χ1v) is 8.65. The van der Waals surface area contributed by atoms with Gasteiger partial charge in [0.15, 0.2) is 0 Å². The quantitative estimate of drug-likeness (QED) is 0.589. The standard InChI is InChI=1S/C13H24O6S/c1-2-3-4-5-6-7-8-9-10-11-12(14)13(15)18-20(16,17)19-13/h15H,2-11H2,1H3. The molecule has 0 spiro atoms. The van der Waals surface area contributed by atoms with E-state index >= 15 is 0 Å². The van der Waals surface area contributed by atoms with Crippen LogP contribution in [0, 0.1) is 0 Å². The normalized spacial score (nSPS) is 19.5. The lowest BCUT2D eigenvalue weighted by Crippen LogP contribution is -2.56. The molecule has 0 aromatic heterocycles. The molecule has 1 fully saturated rings. The third-order valence-corrected chi connectivity index (χ3v) is 4.15. The van der Waals surface area contributed by atoms with Gasteiger partial charge in [-0.2, -0.15) is 16.8 Å². The molecule has 1 heterocycles. The second kappa shape index (κ2) is 8.07. The molecule has 0 aromatic rings. The predicted molar refractivity (Wildman–Crippen MR) is 72.9 cm³/mol. The molecule has 0 bridgehead atoms. The van der Waals surface area contributed by atoms with Crippen molar-refractivity contribution < 1.29 is 26.7 Å². The summed E-state index contributed by atoms with van der Waals surface area (Å²) in [5, 5.41) is 9.36. The van der Waals surface area contributed by atoms with Gasteiger partial charge in [-0.15, -0.1) is 0 Å². The Morgan fingerprint density at radius 1 is 0.950 bits per heavy atom. The molecule has 0 saturated carbocycles. The van der Waals surface area contributed by atoms with Crippen LogP contribution in [0.4, 0.5) is 0 Å². The summed E-state index contributed by atoms with van der Waals surface area (Å²) in [4.78, 5) is 11.5. The zero-order valence-electron chi connectivity index (χ0n) is 12.0. The number of rotatable bonds is 11. The molecule has 0 aliphatic carbocycles. The van der Waals surface area contributed by atoms with Crippen molar-refractivity contribution in [1.29, 1.82) is 0 Å². The maximum absolute atomic E-state index is 11.5. The van der Waals surface area contributed by atoms with Crippen LogP contribution < -0.4 is 0 Å². The van der Waals surface area contributed by atoms with Gasteiger partial charge in [0.2, 0.25) is 5.78 Å². The molecule has 1 rings (SSSR count). The van der Waals surface area contributed by atoms with Crippen molar-refractivity contribution >= 4 is 16.2 Å². The van der Waals surface area contributed by atoms with Gasteiger partial charge < -0.3 is 5.11 Å². The van der Waals surface area contributed by atoms with Gasteiger partial charge in [-0.25, -0.2) is 0 Å². The Balaban J connectivity index is 1.98. The van der Waals surface area contributed by atoms with E-state index in [1.165, 1.54) is 32.1 Å². The number of hydrogen-bond donors (Lipinski definition) is 1. The number of ketones is 1. The Hall–Kier alpha value is -0.500. The van der Waals surface area contributed by atoms with Crippen LogP contribution in [-0.2, 0) is 23.6 Å². The Morgan fingerprint density at radius 3 is 1.85 bits per heavy atom. The van der Waals surface area contributed by atoms with Crippen molar-refractivity contribution in [3.8, 4) is 0 Å². The SMILES string of the molecule is CCCCCCCCCCCC(=O)C1(O)OS(=O)(=O)O1. The fourth-order valence-corrected chi connectivity index (χ4v) is 2.88. The Morgan fingerprint density at radius 2 is 1.40 bits per heavy atom. The van der Waals surface area contributed by atoms with Crippen molar-refractivity contribution in [3.63, 3.8) is 0 Å². The highest BCUT2D eigenvalue weighted by Crippen LogP contribution is 2.30. The predicted octanol–water partition coefficient (Wildman–Crippen LogP) is 2.41. The molecule has 0 aromatic carbocycles. The average molecular weight is 308 g/mol. The molecule has 0 atom stereocenters. The van der Waals surface area contributed by atoms with Gasteiger partial charge in [0.25, 0.3) is 0 Å². The van der Waals surface area contributed by atoms with Gasteiger partial charge >= 0.3 is 16.4 Å². The molecule has 0 radical (unpaired) electrons. The summed E-state index contributed by atoms with van der Waals surface area (Å²) in [5.41, 5.74) is 0. The average Bonchev–Trinajstić information content (AvgIpc) is 2.34. The maximum atomic E-state index is 11.5. The van der Waals surface area contributed by atoms with Gasteiger partial charge in [0.05, 0.1) is 0 Å². The third kappa shape index (κ3) is 5.87. The van der Waals surface area contributed by atoms with Crippen LogP contribution >= 0.6 is 0 Å². The molecule has 1 aliphatic heterocycles. The first-order valence-electron chi connectivity index (χ1n) is 7.31. The minimum atomic E-state index is -4.16. The van der Waals surface area contributed by atoms with E-state index in [-0.39, 0.29) is 6.42 Å². The molecule has 1 saturated heterocycles. The first-order chi connectivity index (χ1) is 9.40. The van der Waals surface area contributed by atoms with Crippen molar-refractivity contribution in [2.45, 2.75) is 77.1 Å². The van der Waals surface area contributed by atoms with Gasteiger partial charge in [0.1, 0.15) is 0 Å². The Labute approximate surface area is 120 Å². The molecule has 0 unspecified atom stereocenters. The summed E-state index contributed by atoms with van der Waals surface area (Å²) in [6.45, 7) is 2.19. The lowest BCUT2D eigenvalue weighted by Gasteiger charge is -2.31. The van der Waals surface area contributed by atoms with Gasteiger partial charge in [0, 0.05) is 6.42 Å². The van der Waals surface area contributed by atoms with Crippen molar-refractivity contribution in [2.75, 3.05) is 0 Å². The molecule has 118 valence electrons. The van der Waals surface area contributed by atoms with E-state index in [4.69, 9.17) is 0 Å². The van der Waals surface area contributed by atoms with Gasteiger partial charge in [-0.1, -0.05) is 58.3 Å². The monoisotopic (exact) mass is 308 g/mol. The van der Waals surface area contributed by atoms with Gasteiger partial charge in [-0.3, -0.25) is 4.79 Å². The van der Waals surface area contributed by atoms with Crippen LogP contribution in [0.15, 0.2) is 0 Å². The van der Waals surface area contributed by atoms with Crippen molar-refractivity contribution in [1.82, 2.24) is 0 Å². The largest absolute Gasteiger partial charge is 0.409 e. The summed E-state index contributed by atoms with van der Waals surface area (Å²) in [5.74, 6) is -3.31. The highest BCUT2D eigenvalue weighted by atomic mass is 32.3. The fraction of sp³-hybridized carbons (Fsp3) is 0.923. The molecule has 7 heteroatoms. The van der Waals surface area contributed by atoms with E-state index in [1.54, 1.807) is 0 Å². The zero-order valence-corrected chi connectivity index (χ0v) is 12.8. The molecule has 0 amide bonds. The Bertz CT molecular complexity index is 391. The van der Waals surface area contributed by atoms with Gasteiger partial charge in [-0.05, 0) is 6.42 Å². The number of carbonyl (C=O) groups is 1. The summed E-state index contributed by atoms with van der Waals surface area (Å²) in [7, 11) is -4.16. The number of Topliss-reactive ketones (excluding diaryl/α,β-unsaturated/α-hetero) is 1. The van der Waals surface area contributed by atoms with E-state index in [9.17, 15) is 18.3 Å². The van der Waals surface area contributed by atoms with Crippen LogP contribution in [0.3, 0.4) is 0 Å². The maximum Gasteiger partial charge on any atom is 0.409 e. The van der Waals surface area contributed by atoms with Crippen molar-refractivity contribution in [2.24, 2.45) is 0 Å². The van der Waals surface area contributed by atoms with Crippen LogP contribution in [0.25, 0.3) is 0 Å². The summed E-state index contributed by atoms with van der Waals surface area (Å²) in [6, 6.07) is 0. The van der Waals surface area contributed by atoms with E-state index < -0.39 is 22.2 Å². The highest BCUT2D eigenvalue weighted by Gasteiger charge is 2.56. The smallest absolute Gasteiger partial charge is 0.335 e. The third-order valence-electron chi connectivity index (χ3n) is 3.29. The van der Waals surface area contributed by atoms with E-state index in [2.05, 4.69) is 15.3 Å². The number of carbonyl (C=O) groups excluding carboxylic acids is 1. The summed E-state index contributed by atoms with van der Waals surface area (Å²) in [6.07, 6.45) is 9.99. The lowest BCUT2D eigenvalue weighted by atomic mass is 10.1. The van der Waals surface area contributed by atoms with E-state index in [0.29, 0.717) is 6.42 Å². The first kappa shape index (κ1) is 17.6. The summed E-state index contributed by atoms with van der Waals surface area (Å²) < 4.78 is 29.3. The number of unbranched alkanes of at least 4 members (excludes halogenated alkanes) is 8.